The highest BCUT2D eigenvalue weighted by molar-refractivity contribution is 9.11. The SMILES string of the molecule is CC(Cl)C(C)Cc1ccc(Br)s1. The van der Waals surface area contributed by atoms with Crippen molar-refractivity contribution in [2.24, 2.45) is 5.92 Å². The van der Waals surface area contributed by atoms with Crippen LogP contribution in [0.4, 0.5) is 0 Å². The van der Waals surface area contributed by atoms with E-state index in [1.54, 1.807) is 11.3 Å². The summed E-state index contributed by atoms with van der Waals surface area (Å²) in [7, 11) is 0. The fourth-order valence-corrected chi connectivity index (χ4v) is 2.66. The van der Waals surface area contributed by atoms with E-state index in [0.717, 1.165) is 6.42 Å². The largest absolute Gasteiger partial charge is 0.133 e. The minimum absolute atomic E-state index is 0.255. The Hall–Kier alpha value is 0.470. The van der Waals surface area contributed by atoms with Gasteiger partial charge in [-0.1, -0.05) is 6.92 Å². The molecule has 2 atom stereocenters. The molecule has 3 heteroatoms. The maximum absolute atomic E-state index is 5.98. The summed E-state index contributed by atoms with van der Waals surface area (Å²) in [4.78, 5) is 1.40. The lowest BCUT2D eigenvalue weighted by Crippen LogP contribution is -2.08. The van der Waals surface area contributed by atoms with Gasteiger partial charge in [-0.3, -0.25) is 0 Å². The maximum atomic E-state index is 5.98. The van der Waals surface area contributed by atoms with Crippen LogP contribution in [0.25, 0.3) is 0 Å². The van der Waals surface area contributed by atoms with Crippen molar-refractivity contribution in [2.75, 3.05) is 0 Å². The van der Waals surface area contributed by atoms with Gasteiger partial charge in [0.2, 0.25) is 0 Å². The Morgan fingerprint density at radius 1 is 1.50 bits per heavy atom. The highest BCUT2D eigenvalue weighted by atomic mass is 79.9. The molecule has 2 unspecified atom stereocenters. The average Bonchev–Trinajstić information content (AvgIpc) is 2.35. The summed E-state index contributed by atoms with van der Waals surface area (Å²) in [5, 5.41) is 0.255. The van der Waals surface area contributed by atoms with E-state index in [-0.39, 0.29) is 5.38 Å². The zero-order chi connectivity index (χ0) is 9.14. The van der Waals surface area contributed by atoms with E-state index in [0.29, 0.717) is 5.92 Å². The summed E-state index contributed by atoms with van der Waals surface area (Å²) in [6.07, 6.45) is 1.08. The quantitative estimate of drug-likeness (QED) is 0.716. The smallest absolute Gasteiger partial charge is 0.0701 e. The third-order valence-electron chi connectivity index (χ3n) is 1.94. The molecule has 0 aromatic carbocycles. The molecule has 0 fully saturated rings. The number of rotatable bonds is 3. The fraction of sp³-hybridized carbons (Fsp3) is 0.556. The monoisotopic (exact) mass is 266 g/mol. The molecule has 0 saturated carbocycles. The van der Waals surface area contributed by atoms with Crippen molar-refractivity contribution in [2.45, 2.75) is 25.6 Å². The molecular weight excluding hydrogens is 256 g/mol. The molecule has 0 aliphatic rings. The van der Waals surface area contributed by atoms with Crippen molar-refractivity contribution in [3.05, 3.63) is 20.8 Å². The molecule has 0 spiro atoms. The van der Waals surface area contributed by atoms with Gasteiger partial charge in [-0.05, 0) is 47.3 Å². The third-order valence-corrected chi connectivity index (χ3v) is 4.01. The van der Waals surface area contributed by atoms with Crippen LogP contribution in [0.1, 0.15) is 18.7 Å². The van der Waals surface area contributed by atoms with Gasteiger partial charge in [-0.15, -0.1) is 22.9 Å². The summed E-state index contributed by atoms with van der Waals surface area (Å²) in [5.74, 6) is 0.553. The second-order valence-electron chi connectivity index (χ2n) is 3.06. The first-order valence-corrected chi connectivity index (χ1v) is 6.02. The molecule has 1 heterocycles. The van der Waals surface area contributed by atoms with Crippen molar-refractivity contribution >= 4 is 38.9 Å². The van der Waals surface area contributed by atoms with Gasteiger partial charge in [-0.25, -0.2) is 0 Å². The van der Waals surface area contributed by atoms with Crippen molar-refractivity contribution in [1.29, 1.82) is 0 Å². The second-order valence-corrected chi connectivity index (χ2v) is 6.30. The Morgan fingerprint density at radius 3 is 2.58 bits per heavy atom. The van der Waals surface area contributed by atoms with E-state index >= 15 is 0 Å². The van der Waals surface area contributed by atoms with Crippen molar-refractivity contribution in [1.82, 2.24) is 0 Å². The molecule has 1 rings (SSSR count). The summed E-state index contributed by atoms with van der Waals surface area (Å²) in [5.41, 5.74) is 0. The molecule has 0 nitrogen and oxygen atoms in total. The Bertz CT molecular complexity index is 244. The molecule has 0 bridgehead atoms. The van der Waals surface area contributed by atoms with E-state index in [1.165, 1.54) is 8.66 Å². The summed E-state index contributed by atoms with van der Waals surface area (Å²) in [6, 6.07) is 4.25. The summed E-state index contributed by atoms with van der Waals surface area (Å²) >= 11 is 11.2. The lowest BCUT2D eigenvalue weighted by atomic mass is 10.0. The Balaban J connectivity index is 2.52. The molecule has 12 heavy (non-hydrogen) atoms. The number of thiophene rings is 1. The number of hydrogen-bond acceptors (Lipinski definition) is 1. The van der Waals surface area contributed by atoms with Gasteiger partial charge in [-0.2, -0.15) is 0 Å². The van der Waals surface area contributed by atoms with Gasteiger partial charge < -0.3 is 0 Å². The highest BCUT2D eigenvalue weighted by Gasteiger charge is 2.10. The molecule has 1 aromatic heterocycles. The molecular formula is C9H12BrClS. The molecule has 68 valence electrons. The first kappa shape index (κ1) is 10.6. The van der Waals surface area contributed by atoms with Gasteiger partial charge in [0.25, 0.3) is 0 Å². The predicted molar refractivity (Wildman–Crippen MR) is 60.2 cm³/mol. The first-order valence-electron chi connectivity index (χ1n) is 3.98. The normalized spacial score (nSPS) is 16.0. The van der Waals surface area contributed by atoms with Crippen LogP contribution in [0, 0.1) is 5.92 Å². The predicted octanol–water partition coefficient (Wildman–Crippen LogP) is 4.32. The topological polar surface area (TPSA) is 0 Å². The molecule has 0 radical (unpaired) electrons. The zero-order valence-corrected chi connectivity index (χ0v) is 10.3. The Morgan fingerprint density at radius 2 is 2.17 bits per heavy atom. The van der Waals surface area contributed by atoms with Gasteiger partial charge in [0.15, 0.2) is 0 Å². The second kappa shape index (κ2) is 4.64. The molecule has 0 aliphatic heterocycles. The van der Waals surface area contributed by atoms with E-state index in [9.17, 15) is 0 Å². The standard InChI is InChI=1S/C9H12BrClS/c1-6(7(2)11)5-8-3-4-9(10)12-8/h3-4,6-7H,5H2,1-2H3. The molecule has 0 amide bonds. The minimum atomic E-state index is 0.255. The van der Waals surface area contributed by atoms with Crippen LogP contribution in [-0.4, -0.2) is 5.38 Å². The molecule has 1 aromatic rings. The first-order chi connectivity index (χ1) is 5.59. The van der Waals surface area contributed by atoms with Crippen molar-refractivity contribution < 1.29 is 0 Å². The third kappa shape index (κ3) is 3.08. The Kier molecular flexibility index (Phi) is 4.08. The lowest BCUT2D eigenvalue weighted by Gasteiger charge is -2.11. The van der Waals surface area contributed by atoms with Crippen molar-refractivity contribution in [3.8, 4) is 0 Å². The van der Waals surface area contributed by atoms with Crippen LogP contribution in [0.3, 0.4) is 0 Å². The van der Waals surface area contributed by atoms with E-state index < -0.39 is 0 Å². The molecule has 0 N–H and O–H groups in total. The number of halogens is 2. The van der Waals surface area contributed by atoms with E-state index in [2.05, 4.69) is 41.9 Å². The molecule has 0 saturated heterocycles. The van der Waals surface area contributed by atoms with Gasteiger partial charge >= 0.3 is 0 Å². The zero-order valence-electron chi connectivity index (χ0n) is 7.18. The highest BCUT2D eigenvalue weighted by Crippen LogP contribution is 2.25. The van der Waals surface area contributed by atoms with E-state index in [4.69, 9.17) is 11.6 Å². The van der Waals surface area contributed by atoms with Crippen LogP contribution >= 0.6 is 38.9 Å². The summed E-state index contributed by atoms with van der Waals surface area (Å²) < 4.78 is 1.20. The van der Waals surface area contributed by atoms with Crippen LogP contribution < -0.4 is 0 Å². The minimum Gasteiger partial charge on any atom is -0.133 e. The fourth-order valence-electron chi connectivity index (χ4n) is 0.941. The Labute approximate surface area is 91.1 Å². The maximum Gasteiger partial charge on any atom is 0.0701 e. The number of hydrogen-bond donors (Lipinski definition) is 0. The van der Waals surface area contributed by atoms with Gasteiger partial charge in [0.05, 0.1) is 3.79 Å². The van der Waals surface area contributed by atoms with Crippen LogP contribution in [-0.2, 0) is 6.42 Å². The van der Waals surface area contributed by atoms with Crippen LogP contribution in [0.5, 0.6) is 0 Å². The van der Waals surface area contributed by atoms with Crippen LogP contribution in [0.2, 0.25) is 0 Å². The lowest BCUT2D eigenvalue weighted by molar-refractivity contribution is 0.573. The van der Waals surface area contributed by atoms with Gasteiger partial charge in [0.1, 0.15) is 0 Å². The number of alkyl halides is 1. The van der Waals surface area contributed by atoms with Crippen LogP contribution in [0.15, 0.2) is 15.9 Å². The summed E-state index contributed by atoms with van der Waals surface area (Å²) in [6.45, 7) is 4.24. The van der Waals surface area contributed by atoms with E-state index in [1.807, 2.05) is 0 Å². The van der Waals surface area contributed by atoms with Gasteiger partial charge in [0, 0.05) is 10.3 Å². The van der Waals surface area contributed by atoms with Crippen molar-refractivity contribution in [3.63, 3.8) is 0 Å². The molecule has 0 aliphatic carbocycles. The average molecular weight is 268 g/mol.